The zero-order valence-electron chi connectivity index (χ0n) is 34.8. The number of fused-ring (bicyclic) bond motifs is 2. The number of rotatable bonds is 9. The van der Waals surface area contributed by atoms with Gasteiger partial charge in [-0.15, -0.1) is 0 Å². The van der Waals surface area contributed by atoms with Gasteiger partial charge in [-0.2, -0.15) is 0 Å². The molecule has 0 aliphatic rings. The molecule has 11 aromatic rings. The predicted molar refractivity (Wildman–Crippen MR) is 269 cm³/mol. The van der Waals surface area contributed by atoms with Crippen molar-refractivity contribution in [1.82, 2.24) is 0 Å². The Morgan fingerprint density at radius 1 is 0.190 bits per heavy atom. The van der Waals surface area contributed by atoms with E-state index in [1.807, 2.05) is 0 Å². The summed E-state index contributed by atoms with van der Waals surface area (Å²) >= 11 is 0. The topological polar surface area (TPSA) is 3.24 Å². The second-order valence-corrected chi connectivity index (χ2v) is 16.1. The van der Waals surface area contributed by atoms with Gasteiger partial charge in [-0.25, -0.2) is 0 Å². The van der Waals surface area contributed by atoms with Gasteiger partial charge in [0.25, 0.3) is 0 Å². The maximum Gasteiger partial charge on any atom is 0.0462 e. The molecular formula is C62H43N. The normalized spacial score (nSPS) is 11.2. The van der Waals surface area contributed by atoms with Gasteiger partial charge >= 0.3 is 0 Å². The number of anilines is 3. The molecule has 11 rings (SSSR count). The maximum absolute atomic E-state index is 2.36. The van der Waals surface area contributed by atoms with Crippen LogP contribution in [0, 0.1) is 0 Å². The zero-order chi connectivity index (χ0) is 42.0. The Labute approximate surface area is 369 Å². The summed E-state index contributed by atoms with van der Waals surface area (Å²) in [4.78, 5) is 2.36. The highest BCUT2D eigenvalue weighted by molar-refractivity contribution is 5.98. The van der Waals surface area contributed by atoms with E-state index in [-0.39, 0.29) is 0 Å². The van der Waals surface area contributed by atoms with Crippen LogP contribution in [0.1, 0.15) is 0 Å². The lowest BCUT2D eigenvalue weighted by molar-refractivity contribution is 1.28. The molecule has 63 heavy (non-hydrogen) atoms. The molecule has 1 nitrogen and oxygen atoms in total. The number of nitrogens with zero attached hydrogens (tertiary/aromatic N) is 1. The lowest BCUT2D eigenvalue weighted by Gasteiger charge is -2.26. The summed E-state index contributed by atoms with van der Waals surface area (Å²) in [6.07, 6.45) is 0. The molecule has 11 aromatic carbocycles. The minimum Gasteiger partial charge on any atom is -0.311 e. The molecule has 0 saturated carbocycles. The van der Waals surface area contributed by atoms with Gasteiger partial charge in [0.2, 0.25) is 0 Å². The van der Waals surface area contributed by atoms with Crippen molar-refractivity contribution < 1.29 is 0 Å². The number of hydrogen-bond acceptors (Lipinski definition) is 1. The molecule has 0 saturated heterocycles. The van der Waals surface area contributed by atoms with E-state index in [1.54, 1.807) is 0 Å². The Hall–Kier alpha value is -8.26. The average Bonchev–Trinajstić information content (AvgIpc) is 3.37. The lowest BCUT2D eigenvalue weighted by atomic mass is 9.95. The SMILES string of the molecule is c1ccc(-c2cccc(-c3ccc(N(c4ccc(-c5cccc(-c6cccc7ccccc67)c5)cc4)c4ccc(-c5cccc(-c6cccc7ccccc67)c5)cc4)cc3)c2)cc1. The van der Waals surface area contributed by atoms with Crippen LogP contribution < -0.4 is 4.90 Å². The first-order chi connectivity index (χ1) is 31.2. The highest BCUT2D eigenvalue weighted by atomic mass is 15.1. The monoisotopic (exact) mass is 801 g/mol. The van der Waals surface area contributed by atoms with E-state index in [9.17, 15) is 0 Å². The Morgan fingerprint density at radius 2 is 0.476 bits per heavy atom. The van der Waals surface area contributed by atoms with Gasteiger partial charge < -0.3 is 4.90 Å². The van der Waals surface area contributed by atoms with Crippen LogP contribution in [-0.4, -0.2) is 0 Å². The van der Waals surface area contributed by atoms with Gasteiger partial charge in [0, 0.05) is 17.1 Å². The lowest BCUT2D eigenvalue weighted by Crippen LogP contribution is -2.09. The van der Waals surface area contributed by atoms with Gasteiger partial charge in [0.15, 0.2) is 0 Å². The first-order valence-electron chi connectivity index (χ1n) is 21.7. The standard InChI is InChI=1S/C62H43N/c1-2-13-44(14-3-1)50-19-8-20-51(41-50)45-29-35-56(36-30-45)63(57-37-31-46(32-38-57)52-21-9-23-54(42-52)61-27-11-17-48-15-4-6-25-59(48)61)58-39-33-47(34-40-58)53-22-10-24-55(43-53)62-28-12-18-49-16-5-7-26-60(49)62/h1-43H. The number of hydrogen-bond donors (Lipinski definition) is 0. The summed E-state index contributed by atoms with van der Waals surface area (Å²) in [7, 11) is 0. The quantitative estimate of drug-likeness (QED) is 0.141. The van der Waals surface area contributed by atoms with Crippen molar-refractivity contribution in [1.29, 1.82) is 0 Å². The molecule has 0 bridgehead atoms. The Balaban J connectivity index is 0.943. The fourth-order valence-corrected chi connectivity index (χ4v) is 9.05. The fraction of sp³-hybridized carbons (Fsp3) is 0. The second-order valence-electron chi connectivity index (χ2n) is 16.1. The second kappa shape index (κ2) is 16.7. The van der Waals surface area contributed by atoms with Crippen LogP contribution in [0.3, 0.4) is 0 Å². The van der Waals surface area contributed by atoms with E-state index in [2.05, 4.69) is 266 Å². The smallest absolute Gasteiger partial charge is 0.0462 e. The van der Waals surface area contributed by atoms with E-state index in [0.717, 1.165) is 17.1 Å². The van der Waals surface area contributed by atoms with E-state index in [1.165, 1.54) is 88.3 Å². The van der Waals surface area contributed by atoms with Crippen molar-refractivity contribution in [3.63, 3.8) is 0 Å². The summed E-state index contributed by atoms with van der Waals surface area (Å²) in [5, 5.41) is 5.03. The Bertz CT molecular complexity index is 3190. The van der Waals surface area contributed by atoms with Gasteiger partial charge in [-0.05, 0) is 143 Å². The molecule has 0 spiro atoms. The van der Waals surface area contributed by atoms with Crippen LogP contribution in [0.15, 0.2) is 261 Å². The third kappa shape index (κ3) is 7.58. The van der Waals surface area contributed by atoms with E-state index >= 15 is 0 Å². The molecule has 0 radical (unpaired) electrons. The predicted octanol–water partition coefficient (Wildman–Crippen LogP) is 17.5. The molecule has 0 N–H and O–H groups in total. The van der Waals surface area contributed by atoms with Crippen LogP contribution in [0.5, 0.6) is 0 Å². The Morgan fingerprint density at radius 3 is 0.889 bits per heavy atom. The third-order valence-corrected chi connectivity index (χ3v) is 12.3. The van der Waals surface area contributed by atoms with Crippen molar-refractivity contribution in [2.24, 2.45) is 0 Å². The van der Waals surface area contributed by atoms with Gasteiger partial charge in [0.1, 0.15) is 0 Å². The van der Waals surface area contributed by atoms with Crippen molar-refractivity contribution in [2.75, 3.05) is 4.90 Å². The van der Waals surface area contributed by atoms with Crippen LogP contribution in [0.2, 0.25) is 0 Å². The highest BCUT2D eigenvalue weighted by Gasteiger charge is 2.15. The minimum absolute atomic E-state index is 1.09. The molecule has 0 heterocycles. The summed E-state index contributed by atoms with van der Waals surface area (Å²) in [5.74, 6) is 0. The average molecular weight is 802 g/mol. The summed E-state index contributed by atoms with van der Waals surface area (Å²) in [6.45, 7) is 0. The van der Waals surface area contributed by atoms with E-state index in [0.29, 0.717) is 0 Å². The summed E-state index contributed by atoms with van der Waals surface area (Å²) < 4.78 is 0. The first kappa shape index (κ1) is 37.7. The largest absolute Gasteiger partial charge is 0.311 e. The van der Waals surface area contributed by atoms with Crippen LogP contribution in [0.25, 0.3) is 88.3 Å². The van der Waals surface area contributed by atoms with Crippen molar-refractivity contribution in [3.8, 4) is 66.8 Å². The first-order valence-corrected chi connectivity index (χ1v) is 21.7. The molecule has 0 aromatic heterocycles. The molecule has 0 aliphatic heterocycles. The van der Waals surface area contributed by atoms with Gasteiger partial charge in [-0.3, -0.25) is 0 Å². The van der Waals surface area contributed by atoms with E-state index < -0.39 is 0 Å². The summed E-state index contributed by atoms with van der Waals surface area (Å²) in [5.41, 5.74) is 17.7. The third-order valence-electron chi connectivity index (χ3n) is 12.3. The Kier molecular flexibility index (Phi) is 9.97. The molecule has 0 amide bonds. The highest BCUT2D eigenvalue weighted by Crippen LogP contribution is 2.40. The van der Waals surface area contributed by atoms with Crippen molar-refractivity contribution in [3.05, 3.63) is 261 Å². The molecule has 0 unspecified atom stereocenters. The molecular weight excluding hydrogens is 759 g/mol. The number of benzene rings is 11. The molecule has 1 heteroatoms. The van der Waals surface area contributed by atoms with Crippen LogP contribution in [0.4, 0.5) is 17.1 Å². The minimum atomic E-state index is 1.09. The van der Waals surface area contributed by atoms with Crippen LogP contribution >= 0.6 is 0 Å². The maximum atomic E-state index is 2.36. The van der Waals surface area contributed by atoms with Gasteiger partial charge in [-0.1, -0.05) is 206 Å². The van der Waals surface area contributed by atoms with Crippen LogP contribution in [-0.2, 0) is 0 Å². The molecule has 0 aliphatic carbocycles. The molecule has 0 atom stereocenters. The summed E-state index contributed by atoms with van der Waals surface area (Å²) in [6, 6.07) is 94.5. The van der Waals surface area contributed by atoms with Gasteiger partial charge in [0.05, 0.1) is 0 Å². The van der Waals surface area contributed by atoms with Crippen molar-refractivity contribution >= 4 is 38.6 Å². The van der Waals surface area contributed by atoms with Crippen molar-refractivity contribution in [2.45, 2.75) is 0 Å². The molecule has 296 valence electrons. The molecule has 0 fully saturated rings. The zero-order valence-corrected chi connectivity index (χ0v) is 34.8. The fourth-order valence-electron chi connectivity index (χ4n) is 9.05. The van der Waals surface area contributed by atoms with E-state index in [4.69, 9.17) is 0 Å².